The van der Waals surface area contributed by atoms with Gasteiger partial charge in [0.25, 0.3) is 6.33 Å². The molecule has 1 unspecified atom stereocenters. The summed E-state index contributed by atoms with van der Waals surface area (Å²) < 4.78 is 99.7. The Hall–Kier alpha value is -7.33. The molecular weight excluding hydrogens is 988 g/mol. The van der Waals surface area contributed by atoms with Crippen LogP contribution < -0.4 is 9.30 Å². The van der Waals surface area contributed by atoms with Crippen LogP contribution in [-0.2, 0) is 21.1 Å². The van der Waals surface area contributed by atoms with Crippen molar-refractivity contribution in [3.63, 3.8) is 0 Å². The fourth-order valence-corrected chi connectivity index (χ4v) is 8.62. The number of ether oxygens (including phenoxy) is 1. The molecule has 3 heterocycles. The van der Waals surface area contributed by atoms with Crippen molar-refractivity contribution in [3.8, 4) is 62.1 Å². The summed E-state index contributed by atoms with van der Waals surface area (Å²) in [5.74, 6) is 2.26. The summed E-state index contributed by atoms with van der Waals surface area (Å²) >= 11 is 0. The van der Waals surface area contributed by atoms with Gasteiger partial charge in [0.05, 0.1) is 30.4 Å². The van der Waals surface area contributed by atoms with Crippen LogP contribution in [0, 0.1) is 31.3 Å². The normalized spacial score (nSPS) is 14.0. The van der Waals surface area contributed by atoms with Gasteiger partial charge in [0.2, 0.25) is 0 Å². The van der Waals surface area contributed by atoms with Gasteiger partial charge in [0.1, 0.15) is 5.82 Å². The number of imidazole rings is 1. The second-order valence-electron chi connectivity index (χ2n) is 16.4. The Bertz CT molecular complexity index is 3990. The molecule has 5 nitrogen and oxygen atoms in total. The minimum Gasteiger partial charge on any atom is -0.510 e. The average Bonchev–Trinajstić information content (AvgIpc) is 4.01. The Labute approximate surface area is 414 Å². The van der Waals surface area contributed by atoms with Crippen LogP contribution in [0.2, 0.25) is 0 Å². The van der Waals surface area contributed by atoms with Crippen molar-refractivity contribution in [1.29, 1.82) is 0 Å². The van der Waals surface area contributed by atoms with E-state index in [9.17, 15) is 0 Å². The number of nitrogens with zero attached hydrogens (tertiary/aromatic N) is 4. The van der Waals surface area contributed by atoms with Crippen LogP contribution in [0.4, 0.5) is 0 Å². The van der Waals surface area contributed by atoms with Gasteiger partial charge in [0.15, 0.2) is 0 Å². The quantitative estimate of drug-likeness (QED) is 0.101. The van der Waals surface area contributed by atoms with Crippen molar-refractivity contribution < 1.29 is 44.1 Å². The first-order chi connectivity index (χ1) is 36.0. The van der Waals surface area contributed by atoms with Gasteiger partial charge in [-0.15, -0.1) is 29.7 Å². The fraction of sp³-hybridized carbons (Fsp3) is 0.100. The molecule has 8 aromatic carbocycles. The summed E-state index contributed by atoms with van der Waals surface area (Å²) in [5.41, 5.74) is 7.76. The van der Waals surface area contributed by atoms with E-state index in [1.807, 2.05) is 73.8 Å². The second-order valence-corrected chi connectivity index (χ2v) is 16.4. The molecule has 11 rings (SSSR count). The van der Waals surface area contributed by atoms with E-state index in [-0.39, 0.29) is 49.0 Å². The minimum absolute atomic E-state index is 0. The van der Waals surface area contributed by atoms with Crippen LogP contribution in [-0.4, -0.2) is 14.1 Å². The van der Waals surface area contributed by atoms with Crippen LogP contribution in [0.3, 0.4) is 0 Å². The van der Waals surface area contributed by atoms with Crippen LogP contribution >= 0.6 is 0 Å². The molecule has 66 heavy (non-hydrogen) atoms. The third kappa shape index (κ3) is 7.74. The first-order valence-electron chi connectivity index (χ1n) is 26.5. The van der Waals surface area contributed by atoms with Crippen molar-refractivity contribution in [2.75, 3.05) is 0 Å². The van der Waals surface area contributed by atoms with E-state index < -0.39 is 60.4 Å². The number of benzene rings is 8. The number of rotatable bonds is 10. The summed E-state index contributed by atoms with van der Waals surface area (Å²) in [5, 5.41) is 2.01. The maximum atomic E-state index is 9.07. The Morgan fingerprint density at radius 3 is 2.05 bits per heavy atom. The number of aryl methyl sites for hydroxylation is 1. The average molecular weight is 1040 g/mol. The molecule has 0 radical (unpaired) electrons. The minimum atomic E-state index is -0.572. The molecule has 0 fully saturated rings. The molecule has 0 spiro atoms. The zero-order chi connectivity index (χ0) is 52.7. The van der Waals surface area contributed by atoms with Gasteiger partial charge in [-0.1, -0.05) is 166 Å². The molecule has 1 atom stereocenters. The molecule has 0 bridgehead atoms. The van der Waals surface area contributed by atoms with Crippen molar-refractivity contribution in [2.45, 2.75) is 33.6 Å². The largest absolute Gasteiger partial charge is 0.510 e. The maximum Gasteiger partial charge on any atom is 0.268 e. The first-order valence-corrected chi connectivity index (χ1v) is 21.5. The van der Waals surface area contributed by atoms with E-state index in [2.05, 4.69) is 86.3 Å². The molecule has 3 aromatic heterocycles. The first kappa shape index (κ1) is 32.3. The van der Waals surface area contributed by atoms with Gasteiger partial charge in [0, 0.05) is 44.3 Å². The number of hydrogen-bond acceptors (Lipinski definition) is 2. The van der Waals surface area contributed by atoms with Crippen LogP contribution in [0.15, 0.2) is 194 Å². The van der Waals surface area contributed by atoms with E-state index in [1.165, 1.54) is 5.56 Å². The molecule has 11 aromatic rings. The second kappa shape index (κ2) is 17.9. The van der Waals surface area contributed by atoms with Crippen LogP contribution in [0.25, 0.3) is 83.4 Å². The third-order valence-electron chi connectivity index (χ3n) is 12.2. The van der Waals surface area contributed by atoms with Gasteiger partial charge in [-0.05, 0) is 92.5 Å². The van der Waals surface area contributed by atoms with Crippen molar-refractivity contribution in [3.05, 3.63) is 224 Å². The summed E-state index contributed by atoms with van der Waals surface area (Å²) in [7, 11) is 0. The van der Waals surface area contributed by atoms with Crippen LogP contribution in [0.5, 0.6) is 11.5 Å². The Morgan fingerprint density at radius 2 is 1.32 bits per heavy atom. The smallest absolute Gasteiger partial charge is 0.268 e. The number of aromatic nitrogens is 4. The van der Waals surface area contributed by atoms with Gasteiger partial charge < -0.3 is 13.9 Å². The molecule has 0 aliphatic carbocycles. The monoisotopic (exact) mass is 1040 g/mol. The molecular formula is C60H46N4OPt-2. The van der Waals surface area contributed by atoms with Crippen molar-refractivity contribution in [1.82, 2.24) is 14.1 Å². The van der Waals surface area contributed by atoms with E-state index in [1.54, 1.807) is 33.4 Å². The Morgan fingerprint density at radius 1 is 0.621 bits per heavy atom. The third-order valence-corrected chi connectivity index (χ3v) is 12.2. The van der Waals surface area contributed by atoms with Gasteiger partial charge in [-0.25, -0.2) is 4.98 Å². The Balaban J connectivity index is 0.00000657. The number of pyridine rings is 1. The van der Waals surface area contributed by atoms with Crippen molar-refractivity contribution in [2.24, 2.45) is 5.92 Å². The summed E-state index contributed by atoms with van der Waals surface area (Å²) in [4.78, 5) is 4.90. The van der Waals surface area contributed by atoms with Gasteiger partial charge in [-0.3, -0.25) is 4.57 Å². The van der Waals surface area contributed by atoms with E-state index >= 15 is 0 Å². The SMILES string of the molecule is [2H]c1c([2H])c([2H])c(-c2cccc(-c3c([2H])c([2H])c([2H])c([2H])c3[2H])c2-[n+]2[c-]n(-c3[c-]c(Oc4[c-]c5c(cc4)c4cc(-c6ccccc6)ccc4n5-c4cc(C(C)C(C)C)ccn4)ccc3)c3cccc(C)c32)c([2H])c1[2H].[Pt]. The molecule has 6 heteroatoms. The topological polar surface area (TPSA) is 35.9 Å². The van der Waals surface area contributed by atoms with E-state index in [0.29, 0.717) is 40.1 Å². The van der Waals surface area contributed by atoms with E-state index in [4.69, 9.17) is 23.4 Å². The number of fused-ring (bicyclic) bond motifs is 4. The number of hydrogen-bond donors (Lipinski definition) is 0. The molecule has 324 valence electrons. The summed E-state index contributed by atoms with van der Waals surface area (Å²) in [6.45, 7) is 8.55. The predicted molar refractivity (Wildman–Crippen MR) is 264 cm³/mol. The van der Waals surface area contributed by atoms with Gasteiger partial charge in [-0.2, -0.15) is 18.2 Å². The standard InChI is InChI=1S/C60H46N4O.Pt/c1-40(2)42(4)46-33-34-61-58(36-46)64-55-32-29-47(43-18-8-5-9-19-43)35-54(55)53-31-30-50(38-57(53)64)65-49-25-15-24-48(37-49)62-39-63(59-41(3)17-14-28-56(59)62)60-51(44-20-10-6-11-21-44)26-16-27-52(60)45-22-12-7-13-23-45;/h5-36,40,42H,1-4H3;/q-2;/i6D,7D,10D,11D,12D,13D,20D,21D,22D,23D;. The molecule has 0 amide bonds. The zero-order valence-electron chi connectivity index (χ0n) is 46.4. The van der Waals surface area contributed by atoms with Gasteiger partial charge >= 0.3 is 0 Å². The predicted octanol–water partition coefficient (Wildman–Crippen LogP) is 14.7. The zero-order valence-corrected chi connectivity index (χ0v) is 38.6. The fourth-order valence-electron chi connectivity index (χ4n) is 8.62. The van der Waals surface area contributed by atoms with Crippen LogP contribution in [0.1, 0.15) is 51.5 Å². The summed E-state index contributed by atoms with van der Waals surface area (Å²) in [6.07, 6.45) is 5.32. The molecule has 0 N–H and O–H groups in total. The maximum absolute atomic E-state index is 9.07. The molecule has 0 aliphatic rings. The number of para-hydroxylation sites is 2. The molecule has 0 saturated heterocycles. The molecule has 0 aliphatic heterocycles. The Kier molecular flexibility index (Phi) is 8.78. The summed E-state index contributed by atoms with van der Waals surface area (Å²) in [6, 6.07) is 42.5. The van der Waals surface area contributed by atoms with E-state index in [0.717, 1.165) is 44.3 Å². The van der Waals surface area contributed by atoms with Crippen molar-refractivity contribution >= 4 is 32.8 Å². The molecule has 0 saturated carbocycles.